The third kappa shape index (κ3) is 3.56. The number of aromatic nitrogens is 5. The predicted molar refractivity (Wildman–Crippen MR) is 108 cm³/mol. The number of hydrogen-bond donors (Lipinski definition) is 0. The van der Waals surface area contributed by atoms with Gasteiger partial charge in [-0.1, -0.05) is 0 Å². The molecule has 3 aromatic heterocycles. The Balaban J connectivity index is 1.81. The van der Waals surface area contributed by atoms with Crippen LogP contribution in [0.25, 0.3) is 22.9 Å². The average Bonchev–Trinajstić information content (AvgIpc) is 3.42. The number of carbonyl (C=O) groups excluding carboxylic acids is 1. The summed E-state index contributed by atoms with van der Waals surface area (Å²) in [5, 5.41) is 9.17. The first-order chi connectivity index (χ1) is 14.2. The molecule has 0 unspecified atom stereocenters. The summed E-state index contributed by atoms with van der Waals surface area (Å²) < 4.78 is 3.85. The minimum atomic E-state index is 0.439. The molecule has 0 aliphatic carbocycles. The van der Waals surface area contributed by atoms with Gasteiger partial charge in [-0.3, -0.25) is 4.57 Å². The molecule has 7 nitrogen and oxygen atoms in total. The zero-order valence-electron chi connectivity index (χ0n) is 15.9. The van der Waals surface area contributed by atoms with Crippen LogP contribution in [-0.4, -0.2) is 30.4 Å². The third-order valence-electron chi connectivity index (χ3n) is 4.72. The van der Waals surface area contributed by atoms with E-state index in [0.29, 0.717) is 24.4 Å². The fraction of sp³-hybridized carbons (Fsp3) is 0.136. The second-order valence-electron chi connectivity index (χ2n) is 6.61. The zero-order valence-corrected chi connectivity index (χ0v) is 15.9. The van der Waals surface area contributed by atoms with E-state index in [1.54, 1.807) is 41.7 Å². The molecule has 0 saturated heterocycles. The molecule has 142 valence electrons. The molecule has 3 heterocycles. The van der Waals surface area contributed by atoms with Crippen molar-refractivity contribution in [3.05, 3.63) is 78.3 Å². The van der Waals surface area contributed by atoms with Crippen LogP contribution in [0.1, 0.15) is 23.2 Å². The van der Waals surface area contributed by atoms with E-state index in [1.807, 2.05) is 31.2 Å². The minimum absolute atomic E-state index is 0.439. The van der Waals surface area contributed by atoms with E-state index in [9.17, 15) is 10.1 Å². The van der Waals surface area contributed by atoms with Crippen LogP contribution < -0.4 is 0 Å². The first-order valence-corrected chi connectivity index (χ1v) is 9.17. The molecule has 0 bridgehead atoms. The lowest BCUT2D eigenvalue weighted by Crippen LogP contribution is -2.06. The van der Waals surface area contributed by atoms with Crippen molar-refractivity contribution < 1.29 is 4.79 Å². The second-order valence-corrected chi connectivity index (χ2v) is 6.61. The normalized spacial score (nSPS) is 10.6. The molecule has 0 aliphatic heterocycles. The Labute approximate surface area is 167 Å². The van der Waals surface area contributed by atoms with Crippen molar-refractivity contribution in [2.75, 3.05) is 0 Å². The highest BCUT2D eigenvalue weighted by Crippen LogP contribution is 2.29. The van der Waals surface area contributed by atoms with Crippen molar-refractivity contribution in [2.24, 2.45) is 0 Å². The Morgan fingerprint density at radius 1 is 1.17 bits per heavy atom. The molecular formula is C22H18N6O. The Morgan fingerprint density at radius 3 is 2.66 bits per heavy atom. The Morgan fingerprint density at radius 2 is 2.00 bits per heavy atom. The lowest BCUT2D eigenvalue weighted by Gasteiger charge is -2.16. The number of benzene rings is 1. The molecule has 4 rings (SSSR count). The molecule has 0 fully saturated rings. The SMILES string of the molecule is Cc1cc(C#N)ccc1-n1c(CCC=O)ccc1-c1cnc(-n2ccnc2)nc1. The van der Waals surface area contributed by atoms with Gasteiger partial charge in [0.05, 0.1) is 17.3 Å². The molecule has 0 radical (unpaired) electrons. The van der Waals surface area contributed by atoms with Crippen molar-refractivity contribution in [2.45, 2.75) is 19.8 Å². The van der Waals surface area contributed by atoms with Crippen molar-refractivity contribution in [1.29, 1.82) is 5.26 Å². The smallest absolute Gasteiger partial charge is 0.234 e. The fourth-order valence-electron chi connectivity index (χ4n) is 3.33. The lowest BCUT2D eigenvalue weighted by atomic mass is 10.1. The van der Waals surface area contributed by atoms with Gasteiger partial charge in [-0.15, -0.1) is 0 Å². The van der Waals surface area contributed by atoms with Gasteiger partial charge >= 0.3 is 0 Å². The maximum absolute atomic E-state index is 10.9. The van der Waals surface area contributed by atoms with Gasteiger partial charge in [-0.2, -0.15) is 5.26 Å². The Bertz CT molecular complexity index is 1180. The van der Waals surface area contributed by atoms with Crippen LogP contribution in [-0.2, 0) is 11.2 Å². The third-order valence-corrected chi connectivity index (χ3v) is 4.72. The molecule has 0 spiro atoms. The van der Waals surface area contributed by atoms with Crippen LogP contribution in [0.3, 0.4) is 0 Å². The highest BCUT2D eigenvalue weighted by atomic mass is 16.1. The molecule has 1 aromatic carbocycles. The monoisotopic (exact) mass is 382 g/mol. The van der Waals surface area contributed by atoms with Crippen LogP contribution in [0.4, 0.5) is 0 Å². The highest BCUT2D eigenvalue weighted by molar-refractivity contribution is 5.64. The second kappa shape index (κ2) is 7.90. The Kier molecular flexibility index (Phi) is 4.99. The molecule has 29 heavy (non-hydrogen) atoms. The van der Waals surface area contributed by atoms with Crippen LogP contribution in [0.15, 0.2) is 61.4 Å². The molecule has 0 saturated carbocycles. The van der Waals surface area contributed by atoms with Crippen molar-refractivity contribution in [3.8, 4) is 29.0 Å². The van der Waals surface area contributed by atoms with E-state index in [0.717, 1.165) is 34.5 Å². The highest BCUT2D eigenvalue weighted by Gasteiger charge is 2.15. The van der Waals surface area contributed by atoms with Gasteiger partial charge in [0.2, 0.25) is 5.95 Å². The molecule has 0 atom stereocenters. The van der Waals surface area contributed by atoms with E-state index in [-0.39, 0.29) is 0 Å². The van der Waals surface area contributed by atoms with Gasteiger partial charge in [0.1, 0.15) is 12.6 Å². The number of rotatable bonds is 6. The standard InChI is InChI=1S/C22H18N6O/c1-16-11-17(12-23)4-6-20(16)28-19(3-2-10-29)5-7-21(28)18-13-25-22(26-14-18)27-9-8-24-15-27/h4-11,13-15H,2-3H2,1H3. The Hall–Kier alpha value is -4.05. The number of nitriles is 1. The van der Waals surface area contributed by atoms with Crippen molar-refractivity contribution in [1.82, 2.24) is 24.1 Å². The molecule has 0 aliphatic rings. The summed E-state index contributed by atoms with van der Waals surface area (Å²) in [7, 11) is 0. The van der Waals surface area contributed by atoms with Crippen LogP contribution >= 0.6 is 0 Å². The quantitative estimate of drug-likeness (QED) is 0.477. The van der Waals surface area contributed by atoms with Crippen molar-refractivity contribution >= 4 is 6.29 Å². The topological polar surface area (TPSA) is 89.4 Å². The lowest BCUT2D eigenvalue weighted by molar-refractivity contribution is -0.107. The summed E-state index contributed by atoms with van der Waals surface area (Å²) in [5.41, 5.74) is 5.35. The van der Waals surface area contributed by atoms with Gasteiger partial charge in [0, 0.05) is 48.2 Å². The zero-order chi connectivity index (χ0) is 20.2. The molecule has 4 aromatic rings. The number of carbonyl (C=O) groups is 1. The first kappa shape index (κ1) is 18.3. The minimum Gasteiger partial charge on any atom is -0.313 e. The van der Waals surface area contributed by atoms with Crippen LogP contribution in [0.2, 0.25) is 0 Å². The summed E-state index contributed by atoms with van der Waals surface area (Å²) >= 11 is 0. The molecule has 0 amide bonds. The average molecular weight is 382 g/mol. The van der Waals surface area contributed by atoms with E-state index in [2.05, 4.69) is 25.6 Å². The van der Waals surface area contributed by atoms with E-state index in [1.165, 1.54) is 0 Å². The van der Waals surface area contributed by atoms with Crippen LogP contribution in [0.5, 0.6) is 0 Å². The first-order valence-electron chi connectivity index (χ1n) is 9.17. The van der Waals surface area contributed by atoms with Gasteiger partial charge in [0.25, 0.3) is 0 Å². The number of hydrogen-bond acceptors (Lipinski definition) is 5. The van der Waals surface area contributed by atoms with E-state index in [4.69, 9.17) is 0 Å². The van der Waals surface area contributed by atoms with Crippen LogP contribution in [0, 0.1) is 18.3 Å². The van der Waals surface area contributed by atoms with Crippen molar-refractivity contribution in [3.63, 3.8) is 0 Å². The number of nitrogens with zero attached hydrogens (tertiary/aromatic N) is 6. The fourth-order valence-corrected chi connectivity index (χ4v) is 3.33. The molecular weight excluding hydrogens is 364 g/mol. The van der Waals surface area contributed by atoms with Gasteiger partial charge in [-0.25, -0.2) is 15.0 Å². The van der Waals surface area contributed by atoms with E-state index < -0.39 is 0 Å². The van der Waals surface area contributed by atoms with E-state index >= 15 is 0 Å². The van der Waals surface area contributed by atoms with Gasteiger partial charge in [0.15, 0.2) is 0 Å². The summed E-state index contributed by atoms with van der Waals surface area (Å²) in [6.45, 7) is 1.97. The number of aldehydes is 1. The molecule has 7 heteroatoms. The van der Waals surface area contributed by atoms with Gasteiger partial charge in [-0.05, 0) is 49.2 Å². The summed E-state index contributed by atoms with van der Waals surface area (Å²) in [5.74, 6) is 0.542. The van der Waals surface area contributed by atoms with Gasteiger partial charge < -0.3 is 9.36 Å². The number of imidazole rings is 1. The predicted octanol–water partition coefficient (Wildman–Crippen LogP) is 3.43. The molecule has 0 N–H and O–H groups in total. The summed E-state index contributed by atoms with van der Waals surface area (Å²) in [4.78, 5) is 23.9. The summed E-state index contributed by atoms with van der Waals surface area (Å²) in [6, 6.07) is 11.8. The summed E-state index contributed by atoms with van der Waals surface area (Å²) in [6.07, 6.45) is 10.6. The maximum atomic E-state index is 10.9. The number of aryl methyl sites for hydroxylation is 2. The largest absolute Gasteiger partial charge is 0.313 e. The maximum Gasteiger partial charge on any atom is 0.234 e.